The molecule has 1 saturated heterocycles. The van der Waals surface area contributed by atoms with Crippen LogP contribution in [0, 0.1) is 0 Å². The van der Waals surface area contributed by atoms with E-state index in [-0.39, 0.29) is 18.0 Å². The summed E-state index contributed by atoms with van der Waals surface area (Å²) in [5.41, 5.74) is 6.86. The number of aromatic nitrogens is 1. The highest BCUT2D eigenvalue weighted by Gasteiger charge is 2.26. The Balaban J connectivity index is 1.56. The Hall–Kier alpha value is -1.46. The zero-order chi connectivity index (χ0) is 13.5. The van der Waals surface area contributed by atoms with E-state index < -0.39 is 0 Å². The zero-order valence-electron chi connectivity index (χ0n) is 11.1. The Morgan fingerprint density at radius 2 is 2.37 bits per heavy atom. The predicted molar refractivity (Wildman–Crippen MR) is 74.6 cm³/mol. The summed E-state index contributed by atoms with van der Waals surface area (Å²) in [6.45, 7) is 1.46. The lowest BCUT2D eigenvalue weighted by atomic mass is 10.1. The van der Waals surface area contributed by atoms with Gasteiger partial charge >= 0.3 is 0 Å². The fraction of sp³-hybridized carbons (Fsp3) is 0.571. The number of nitrogens with zero attached hydrogens (tertiary/aromatic N) is 1. The largest absolute Gasteiger partial charge is 0.355 e. The van der Waals surface area contributed by atoms with Crippen molar-refractivity contribution in [1.82, 2.24) is 15.6 Å². The van der Waals surface area contributed by atoms with Gasteiger partial charge in [0.15, 0.2) is 0 Å². The molecule has 0 aromatic carbocycles. The first-order chi connectivity index (χ1) is 9.25. The number of hydrogen-bond donors (Lipinski definition) is 3. The second kappa shape index (κ2) is 7.21. The lowest BCUT2D eigenvalue weighted by molar-refractivity contribution is -0.122. The lowest BCUT2D eigenvalue weighted by Gasteiger charge is -2.10. The van der Waals surface area contributed by atoms with Crippen LogP contribution in [0.1, 0.15) is 25.0 Å². The van der Waals surface area contributed by atoms with Crippen LogP contribution in [0.25, 0.3) is 0 Å². The molecule has 0 bridgehead atoms. The molecule has 5 heteroatoms. The van der Waals surface area contributed by atoms with Crippen molar-refractivity contribution < 1.29 is 4.79 Å². The quantitative estimate of drug-likeness (QED) is 0.640. The Bertz CT molecular complexity index is 396. The fourth-order valence-corrected chi connectivity index (χ4v) is 2.27. The smallest absolute Gasteiger partial charge is 0.237 e. The van der Waals surface area contributed by atoms with Crippen LogP contribution in [0.5, 0.6) is 0 Å². The topological polar surface area (TPSA) is 80.0 Å². The van der Waals surface area contributed by atoms with Crippen molar-refractivity contribution in [1.29, 1.82) is 0 Å². The van der Waals surface area contributed by atoms with E-state index in [0.717, 1.165) is 44.5 Å². The van der Waals surface area contributed by atoms with Gasteiger partial charge in [-0.05, 0) is 37.8 Å². The number of nitrogens with two attached hydrogens (primary N) is 1. The van der Waals surface area contributed by atoms with Gasteiger partial charge in [-0.2, -0.15) is 0 Å². The third-order valence-corrected chi connectivity index (χ3v) is 3.37. The van der Waals surface area contributed by atoms with Gasteiger partial charge in [0.05, 0.1) is 6.04 Å². The van der Waals surface area contributed by atoms with Crippen LogP contribution in [0.4, 0.5) is 0 Å². The number of hydrogen-bond acceptors (Lipinski definition) is 4. The van der Waals surface area contributed by atoms with E-state index >= 15 is 0 Å². The van der Waals surface area contributed by atoms with E-state index in [4.69, 9.17) is 5.73 Å². The molecule has 1 aromatic heterocycles. The van der Waals surface area contributed by atoms with Crippen molar-refractivity contribution in [2.24, 2.45) is 5.73 Å². The second-order valence-electron chi connectivity index (χ2n) is 5.03. The van der Waals surface area contributed by atoms with Gasteiger partial charge in [0.1, 0.15) is 0 Å². The highest BCUT2D eigenvalue weighted by atomic mass is 16.2. The van der Waals surface area contributed by atoms with Crippen LogP contribution in [0.3, 0.4) is 0 Å². The molecule has 1 amide bonds. The number of nitrogens with one attached hydrogen (secondary N) is 2. The van der Waals surface area contributed by atoms with Crippen molar-refractivity contribution in [2.45, 2.75) is 37.8 Å². The number of rotatable bonds is 6. The van der Waals surface area contributed by atoms with E-state index in [1.54, 1.807) is 0 Å². The highest BCUT2D eigenvalue weighted by molar-refractivity contribution is 5.82. The normalized spacial score (nSPS) is 22.4. The summed E-state index contributed by atoms with van der Waals surface area (Å²) in [6, 6.07) is 5.95. The van der Waals surface area contributed by atoms with Crippen molar-refractivity contribution >= 4 is 5.91 Å². The number of pyridine rings is 1. The molecular formula is C14H22N4O. The van der Waals surface area contributed by atoms with Crippen molar-refractivity contribution in [3.05, 3.63) is 30.1 Å². The first-order valence-electron chi connectivity index (χ1n) is 6.92. The standard InChI is InChI=1S/C14H22N4O/c15-11-9-13(18-10-11)14(19)17-8-4-2-6-12-5-1-3-7-16-12/h1,3,5,7,11,13,18H,2,4,6,8-10,15H2,(H,17,19)/t11-,13+/m1/s1. The first kappa shape index (κ1) is 14.0. The molecule has 1 aromatic rings. The third-order valence-electron chi connectivity index (χ3n) is 3.37. The molecule has 0 aliphatic carbocycles. The lowest BCUT2D eigenvalue weighted by Crippen LogP contribution is -2.40. The van der Waals surface area contributed by atoms with Gasteiger partial charge in [-0.3, -0.25) is 9.78 Å². The van der Waals surface area contributed by atoms with Gasteiger partial charge in [0.25, 0.3) is 0 Å². The summed E-state index contributed by atoms with van der Waals surface area (Å²) in [7, 11) is 0. The molecule has 2 rings (SSSR count). The van der Waals surface area contributed by atoms with Gasteiger partial charge in [-0.25, -0.2) is 0 Å². The Morgan fingerprint density at radius 1 is 1.47 bits per heavy atom. The molecule has 4 N–H and O–H groups in total. The number of carbonyl (C=O) groups excluding carboxylic acids is 1. The maximum absolute atomic E-state index is 11.8. The summed E-state index contributed by atoms with van der Waals surface area (Å²) >= 11 is 0. The van der Waals surface area contributed by atoms with Crippen molar-refractivity contribution in [3.63, 3.8) is 0 Å². The molecule has 19 heavy (non-hydrogen) atoms. The van der Waals surface area contributed by atoms with E-state index in [9.17, 15) is 4.79 Å². The monoisotopic (exact) mass is 262 g/mol. The van der Waals surface area contributed by atoms with Crippen LogP contribution in [-0.4, -0.2) is 36.1 Å². The summed E-state index contributed by atoms with van der Waals surface area (Å²) in [5, 5.41) is 6.08. The molecule has 2 atom stereocenters. The SMILES string of the molecule is N[C@H]1CN[C@H](C(=O)NCCCCc2ccccn2)C1. The minimum Gasteiger partial charge on any atom is -0.355 e. The van der Waals surface area contributed by atoms with Gasteiger partial charge in [-0.1, -0.05) is 6.07 Å². The molecule has 1 fully saturated rings. The average Bonchev–Trinajstić information content (AvgIpc) is 2.86. The number of unbranched alkanes of at least 4 members (excludes halogenated alkanes) is 1. The Labute approximate surface area is 114 Å². The van der Waals surface area contributed by atoms with Crippen LogP contribution in [0.15, 0.2) is 24.4 Å². The van der Waals surface area contributed by atoms with Gasteiger partial charge in [-0.15, -0.1) is 0 Å². The predicted octanol–water partition coefficient (Wildman–Crippen LogP) is 0.210. The maximum Gasteiger partial charge on any atom is 0.237 e. The van der Waals surface area contributed by atoms with E-state index in [0.29, 0.717) is 0 Å². The maximum atomic E-state index is 11.8. The summed E-state index contributed by atoms with van der Waals surface area (Å²) in [4.78, 5) is 16.1. The third kappa shape index (κ3) is 4.61. The molecular weight excluding hydrogens is 240 g/mol. The van der Waals surface area contributed by atoms with Crippen LogP contribution in [0.2, 0.25) is 0 Å². The van der Waals surface area contributed by atoms with Crippen molar-refractivity contribution in [3.8, 4) is 0 Å². The Kier molecular flexibility index (Phi) is 5.30. The molecule has 0 radical (unpaired) electrons. The van der Waals surface area contributed by atoms with E-state index in [1.165, 1.54) is 0 Å². The van der Waals surface area contributed by atoms with Crippen molar-refractivity contribution in [2.75, 3.05) is 13.1 Å². The number of aryl methyl sites for hydroxylation is 1. The summed E-state index contributed by atoms with van der Waals surface area (Å²) in [6.07, 6.45) is 5.52. The molecule has 1 aliphatic heterocycles. The van der Waals surface area contributed by atoms with Gasteiger partial charge < -0.3 is 16.4 Å². The highest BCUT2D eigenvalue weighted by Crippen LogP contribution is 2.04. The number of amides is 1. The minimum atomic E-state index is -0.106. The molecule has 0 spiro atoms. The number of carbonyl (C=O) groups is 1. The van der Waals surface area contributed by atoms with E-state index in [1.807, 2.05) is 24.4 Å². The van der Waals surface area contributed by atoms with Crippen LogP contribution in [-0.2, 0) is 11.2 Å². The molecule has 0 unspecified atom stereocenters. The summed E-state index contributed by atoms with van der Waals surface area (Å²) in [5.74, 6) is 0.0748. The van der Waals surface area contributed by atoms with Gasteiger partial charge in [0.2, 0.25) is 5.91 Å². The molecule has 5 nitrogen and oxygen atoms in total. The van der Waals surface area contributed by atoms with Crippen LogP contribution >= 0.6 is 0 Å². The summed E-state index contributed by atoms with van der Waals surface area (Å²) < 4.78 is 0. The van der Waals surface area contributed by atoms with Gasteiger partial charge in [0, 0.05) is 31.0 Å². The van der Waals surface area contributed by atoms with Crippen LogP contribution < -0.4 is 16.4 Å². The Morgan fingerprint density at radius 3 is 3.05 bits per heavy atom. The fourth-order valence-electron chi connectivity index (χ4n) is 2.27. The minimum absolute atomic E-state index is 0.0748. The molecule has 1 aliphatic rings. The second-order valence-corrected chi connectivity index (χ2v) is 5.03. The molecule has 2 heterocycles. The molecule has 0 saturated carbocycles. The van der Waals surface area contributed by atoms with E-state index in [2.05, 4.69) is 15.6 Å². The average molecular weight is 262 g/mol. The first-order valence-corrected chi connectivity index (χ1v) is 6.92. The molecule has 104 valence electrons. The zero-order valence-corrected chi connectivity index (χ0v) is 11.1.